The van der Waals surface area contributed by atoms with Gasteiger partial charge < -0.3 is 14.8 Å². The average Bonchev–Trinajstić information content (AvgIpc) is 3.16. The zero-order chi connectivity index (χ0) is 20.8. The Balaban J connectivity index is 1.85. The number of carbonyl (C=O) groups is 1. The Hall–Kier alpha value is -3.26. The van der Waals surface area contributed by atoms with Crippen molar-refractivity contribution in [2.24, 2.45) is 5.92 Å². The Morgan fingerprint density at radius 2 is 1.97 bits per heavy atom. The molecule has 0 saturated heterocycles. The molecule has 2 atom stereocenters. The fourth-order valence-corrected chi connectivity index (χ4v) is 3.47. The van der Waals surface area contributed by atoms with Gasteiger partial charge in [0, 0.05) is 23.3 Å². The molecule has 0 fully saturated rings. The third-order valence-electron chi connectivity index (χ3n) is 4.78. The number of carboxylic acid groups (broad SMARTS) is 1. The van der Waals surface area contributed by atoms with Crippen molar-refractivity contribution in [3.63, 3.8) is 0 Å². The van der Waals surface area contributed by atoms with E-state index in [0.717, 1.165) is 34.3 Å². The van der Waals surface area contributed by atoms with Crippen molar-refractivity contribution in [3.8, 4) is 17.6 Å². The second kappa shape index (κ2) is 9.29. The number of aromatic amines is 1. The molecule has 5 nitrogen and oxygen atoms in total. The van der Waals surface area contributed by atoms with Gasteiger partial charge in [0.15, 0.2) is 0 Å². The minimum Gasteiger partial charge on any atom is -0.486 e. The Kier molecular flexibility index (Phi) is 6.56. The summed E-state index contributed by atoms with van der Waals surface area (Å²) in [6.07, 6.45) is 4.44. The lowest BCUT2D eigenvalue weighted by Gasteiger charge is -2.22. The molecular formula is C24H26N2O3. The highest BCUT2D eigenvalue weighted by atomic mass is 16.5. The summed E-state index contributed by atoms with van der Waals surface area (Å²) in [5, 5.41) is 10.2. The van der Waals surface area contributed by atoms with Crippen molar-refractivity contribution in [2.45, 2.75) is 45.6 Å². The van der Waals surface area contributed by atoms with E-state index in [1.165, 1.54) is 0 Å². The maximum atomic E-state index is 11.1. The minimum atomic E-state index is -0.858. The van der Waals surface area contributed by atoms with Crippen LogP contribution >= 0.6 is 0 Å². The van der Waals surface area contributed by atoms with Gasteiger partial charge in [0.05, 0.1) is 12.3 Å². The molecule has 0 aliphatic rings. The number of benzene rings is 1. The van der Waals surface area contributed by atoms with Gasteiger partial charge in [-0.1, -0.05) is 31.9 Å². The normalized spacial score (nSPS) is 13.0. The Labute approximate surface area is 171 Å². The van der Waals surface area contributed by atoms with E-state index >= 15 is 0 Å². The van der Waals surface area contributed by atoms with Crippen molar-refractivity contribution >= 4 is 17.0 Å². The first-order valence-electron chi connectivity index (χ1n) is 9.80. The van der Waals surface area contributed by atoms with Gasteiger partial charge in [0.1, 0.15) is 17.5 Å². The van der Waals surface area contributed by atoms with Crippen LogP contribution in [-0.4, -0.2) is 21.0 Å². The van der Waals surface area contributed by atoms with Crippen LogP contribution in [0.4, 0.5) is 0 Å². The number of nitrogens with one attached hydrogen (secondary N) is 1. The van der Waals surface area contributed by atoms with Crippen LogP contribution in [0.3, 0.4) is 0 Å². The van der Waals surface area contributed by atoms with Crippen LogP contribution < -0.4 is 4.74 Å². The van der Waals surface area contributed by atoms with Crippen LogP contribution in [0.25, 0.3) is 11.0 Å². The SMILES string of the molecule is CC#CC(CC(=O)O)c1ccc(O[C@@H](CC(C)C)c2ccnc3[nH]ccc23)cc1. The van der Waals surface area contributed by atoms with Gasteiger partial charge in [-0.25, -0.2) is 4.98 Å². The Bertz CT molecular complexity index is 1030. The van der Waals surface area contributed by atoms with Gasteiger partial charge in [0.2, 0.25) is 0 Å². The summed E-state index contributed by atoms with van der Waals surface area (Å²) < 4.78 is 6.37. The first-order valence-corrected chi connectivity index (χ1v) is 9.80. The molecule has 0 aliphatic heterocycles. The predicted octanol–water partition coefficient (Wildman–Crippen LogP) is 5.31. The van der Waals surface area contributed by atoms with E-state index in [4.69, 9.17) is 9.84 Å². The first kappa shape index (κ1) is 20.5. The number of carboxylic acids is 1. The van der Waals surface area contributed by atoms with Crippen LogP contribution in [0.2, 0.25) is 0 Å². The third-order valence-corrected chi connectivity index (χ3v) is 4.78. The molecule has 0 aliphatic carbocycles. The summed E-state index contributed by atoms with van der Waals surface area (Å²) in [6, 6.07) is 11.6. The third kappa shape index (κ3) is 5.17. The number of rotatable bonds is 8. The number of hydrogen-bond acceptors (Lipinski definition) is 3. The molecule has 0 saturated carbocycles. The smallest absolute Gasteiger partial charge is 0.304 e. The van der Waals surface area contributed by atoms with Gasteiger partial charge >= 0.3 is 5.97 Å². The fourth-order valence-electron chi connectivity index (χ4n) is 3.47. The van der Waals surface area contributed by atoms with Gasteiger partial charge in [-0.05, 0) is 49.1 Å². The maximum Gasteiger partial charge on any atom is 0.304 e. The number of aromatic nitrogens is 2. The van der Waals surface area contributed by atoms with E-state index in [2.05, 4.69) is 35.7 Å². The molecule has 2 aromatic heterocycles. The zero-order valence-electron chi connectivity index (χ0n) is 17.0. The van der Waals surface area contributed by atoms with Crippen molar-refractivity contribution in [2.75, 3.05) is 0 Å². The van der Waals surface area contributed by atoms with Crippen LogP contribution in [0.1, 0.15) is 56.8 Å². The van der Waals surface area contributed by atoms with Gasteiger partial charge in [0.25, 0.3) is 0 Å². The molecule has 2 N–H and O–H groups in total. The number of pyridine rings is 1. The van der Waals surface area contributed by atoms with Crippen LogP contribution in [0.15, 0.2) is 48.8 Å². The largest absolute Gasteiger partial charge is 0.486 e. The molecular weight excluding hydrogens is 364 g/mol. The molecule has 3 aromatic rings. The van der Waals surface area contributed by atoms with Gasteiger partial charge in [-0.2, -0.15) is 0 Å². The predicted molar refractivity (Wildman–Crippen MR) is 114 cm³/mol. The summed E-state index contributed by atoms with van der Waals surface area (Å²) in [4.78, 5) is 18.6. The molecule has 0 amide bonds. The summed E-state index contributed by atoms with van der Waals surface area (Å²) >= 11 is 0. The van der Waals surface area contributed by atoms with E-state index in [-0.39, 0.29) is 18.4 Å². The zero-order valence-corrected chi connectivity index (χ0v) is 17.0. The fraction of sp³-hybridized carbons (Fsp3) is 0.333. The summed E-state index contributed by atoms with van der Waals surface area (Å²) in [5.41, 5.74) is 2.84. The summed E-state index contributed by atoms with van der Waals surface area (Å²) in [7, 11) is 0. The van der Waals surface area contributed by atoms with E-state index in [1.807, 2.05) is 42.6 Å². The number of nitrogens with zero attached hydrogens (tertiary/aromatic N) is 1. The second-order valence-electron chi connectivity index (χ2n) is 7.49. The van der Waals surface area contributed by atoms with Crippen molar-refractivity contribution in [3.05, 3.63) is 59.9 Å². The van der Waals surface area contributed by atoms with Crippen LogP contribution in [-0.2, 0) is 4.79 Å². The molecule has 0 radical (unpaired) electrons. The summed E-state index contributed by atoms with van der Waals surface area (Å²) in [6.45, 7) is 6.07. The molecule has 1 unspecified atom stereocenters. The Morgan fingerprint density at radius 3 is 2.62 bits per heavy atom. The van der Waals surface area contributed by atoms with E-state index in [9.17, 15) is 4.79 Å². The quantitative estimate of drug-likeness (QED) is 0.511. The molecule has 150 valence electrons. The molecule has 0 bridgehead atoms. The topological polar surface area (TPSA) is 75.2 Å². The van der Waals surface area contributed by atoms with E-state index in [1.54, 1.807) is 13.1 Å². The molecule has 1 aromatic carbocycles. The van der Waals surface area contributed by atoms with Gasteiger partial charge in [-0.3, -0.25) is 4.79 Å². The van der Waals surface area contributed by atoms with Crippen molar-refractivity contribution in [1.29, 1.82) is 0 Å². The minimum absolute atomic E-state index is 0.0144. The highest BCUT2D eigenvalue weighted by Gasteiger charge is 2.19. The summed E-state index contributed by atoms with van der Waals surface area (Å²) in [5.74, 6) is 5.83. The number of aliphatic carboxylic acids is 1. The number of ether oxygens (including phenoxy) is 1. The average molecular weight is 390 g/mol. The molecule has 0 spiro atoms. The lowest BCUT2D eigenvalue weighted by molar-refractivity contribution is -0.137. The van der Waals surface area contributed by atoms with E-state index in [0.29, 0.717) is 5.92 Å². The highest BCUT2D eigenvalue weighted by molar-refractivity contribution is 5.79. The number of hydrogen-bond donors (Lipinski definition) is 2. The van der Waals surface area contributed by atoms with Crippen molar-refractivity contribution in [1.82, 2.24) is 9.97 Å². The maximum absolute atomic E-state index is 11.1. The second-order valence-corrected chi connectivity index (χ2v) is 7.49. The van der Waals surface area contributed by atoms with Gasteiger partial charge in [-0.15, -0.1) is 5.92 Å². The highest BCUT2D eigenvalue weighted by Crippen LogP contribution is 2.32. The molecule has 3 rings (SSSR count). The Morgan fingerprint density at radius 1 is 1.21 bits per heavy atom. The monoisotopic (exact) mass is 390 g/mol. The molecule has 2 heterocycles. The number of fused-ring (bicyclic) bond motifs is 1. The lowest BCUT2D eigenvalue weighted by atomic mass is 9.96. The van der Waals surface area contributed by atoms with Crippen LogP contribution in [0.5, 0.6) is 5.75 Å². The van der Waals surface area contributed by atoms with E-state index < -0.39 is 5.97 Å². The van der Waals surface area contributed by atoms with Crippen molar-refractivity contribution < 1.29 is 14.6 Å². The molecule has 29 heavy (non-hydrogen) atoms. The lowest BCUT2D eigenvalue weighted by Crippen LogP contribution is -2.11. The first-order chi connectivity index (χ1) is 14.0. The number of H-pyrrole nitrogens is 1. The van der Waals surface area contributed by atoms with Crippen LogP contribution in [0, 0.1) is 17.8 Å². The standard InChI is InChI=1S/C24H26N2O3/c1-4-5-18(15-23(27)28)17-6-8-19(9-7-17)29-22(14-16(2)3)20-10-12-25-24-21(20)11-13-26-24/h6-13,16,18,22H,14-15H2,1-3H3,(H,25,26)(H,27,28)/t18?,22-/m0/s1. The molecule has 5 heteroatoms.